The van der Waals surface area contributed by atoms with Gasteiger partial charge in [0.25, 0.3) is 0 Å². The molecule has 0 spiro atoms. The Morgan fingerprint density at radius 2 is 2.24 bits per heavy atom. The van der Waals surface area contributed by atoms with Crippen molar-refractivity contribution < 1.29 is 4.74 Å². The van der Waals surface area contributed by atoms with Gasteiger partial charge in [0.05, 0.1) is 6.07 Å². The fraction of sp³-hybridized carbons (Fsp3) is 0.231. The van der Waals surface area contributed by atoms with Crippen LogP contribution >= 0.6 is 0 Å². The maximum Gasteiger partial charge on any atom is 0.145 e. The van der Waals surface area contributed by atoms with E-state index in [1.165, 1.54) is 0 Å². The highest BCUT2D eigenvalue weighted by Crippen LogP contribution is 2.23. The molecule has 0 fully saturated rings. The zero-order chi connectivity index (χ0) is 12.3. The lowest BCUT2D eigenvalue weighted by molar-refractivity contribution is 0.312. The normalized spacial score (nSPS) is 12.1. The van der Waals surface area contributed by atoms with E-state index in [0.29, 0.717) is 5.75 Å². The van der Waals surface area contributed by atoms with Gasteiger partial charge in [0, 0.05) is 11.1 Å². The van der Waals surface area contributed by atoms with Crippen molar-refractivity contribution in [2.75, 3.05) is 6.61 Å². The molecule has 1 atom stereocenters. The van der Waals surface area contributed by atoms with E-state index in [-0.39, 0.29) is 6.61 Å². The number of benzene rings is 1. The summed E-state index contributed by atoms with van der Waals surface area (Å²) >= 11 is 0. The smallest absolute Gasteiger partial charge is 0.145 e. The van der Waals surface area contributed by atoms with Gasteiger partial charge in [0.15, 0.2) is 0 Å². The lowest BCUT2D eigenvalue weighted by atomic mass is 10.2. The highest BCUT2D eigenvalue weighted by Gasteiger charge is 2.06. The molecule has 4 nitrogen and oxygen atoms in total. The number of nitrogens with two attached hydrogens (primary N) is 1. The van der Waals surface area contributed by atoms with Gasteiger partial charge in [0.2, 0.25) is 0 Å². The summed E-state index contributed by atoms with van der Waals surface area (Å²) in [6.45, 7) is 2.10. The second-order valence-electron chi connectivity index (χ2n) is 3.83. The molecule has 0 aliphatic heterocycles. The van der Waals surface area contributed by atoms with Crippen molar-refractivity contribution in [1.29, 1.82) is 5.26 Å². The molecule has 86 valence electrons. The van der Waals surface area contributed by atoms with Crippen molar-refractivity contribution in [3.63, 3.8) is 0 Å². The number of rotatable bonds is 3. The number of hydrogen-bond acceptors (Lipinski definition) is 4. The number of para-hydroxylation sites is 1. The average molecular weight is 227 g/mol. The molecular formula is C13H13N3O. The molecule has 1 unspecified atom stereocenters. The van der Waals surface area contributed by atoms with E-state index >= 15 is 0 Å². The van der Waals surface area contributed by atoms with E-state index in [4.69, 9.17) is 15.7 Å². The van der Waals surface area contributed by atoms with Gasteiger partial charge in [-0.2, -0.15) is 5.26 Å². The van der Waals surface area contributed by atoms with Crippen LogP contribution in [0.2, 0.25) is 0 Å². The van der Waals surface area contributed by atoms with Crippen molar-refractivity contribution >= 4 is 10.9 Å². The highest BCUT2D eigenvalue weighted by atomic mass is 16.5. The number of nitriles is 1. The van der Waals surface area contributed by atoms with Crippen molar-refractivity contribution in [2.24, 2.45) is 5.73 Å². The Morgan fingerprint density at radius 1 is 1.41 bits per heavy atom. The second-order valence-corrected chi connectivity index (χ2v) is 3.83. The number of aromatic nitrogens is 1. The van der Waals surface area contributed by atoms with Gasteiger partial charge in [-0.05, 0) is 19.1 Å². The van der Waals surface area contributed by atoms with E-state index < -0.39 is 6.04 Å². The van der Waals surface area contributed by atoms with Gasteiger partial charge in [-0.1, -0.05) is 18.2 Å². The average Bonchev–Trinajstić information content (AvgIpc) is 2.35. The Balaban J connectivity index is 2.34. The Hall–Kier alpha value is -2.12. The standard InChI is InChI=1S/C13H13N3O/c1-9-5-6-10-3-2-4-12(13(10)16-9)17-8-11(15)7-14/h2-6,11H,8,15H2,1H3. The number of pyridine rings is 1. The van der Waals surface area contributed by atoms with Gasteiger partial charge >= 0.3 is 0 Å². The summed E-state index contributed by atoms with van der Waals surface area (Å²) in [4.78, 5) is 4.43. The Bertz CT molecular complexity index is 574. The summed E-state index contributed by atoms with van der Waals surface area (Å²) in [5.74, 6) is 0.664. The predicted molar refractivity (Wildman–Crippen MR) is 65.6 cm³/mol. The van der Waals surface area contributed by atoms with Crippen molar-refractivity contribution in [1.82, 2.24) is 4.98 Å². The van der Waals surface area contributed by atoms with Gasteiger partial charge in [-0.3, -0.25) is 0 Å². The molecule has 17 heavy (non-hydrogen) atoms. The van der Waals surface area contributed by atoms with Crippen LogP contribution in [0.3, 0.4) is 0 Å². The first-order chi connectivity index (χ1) is 8.20. The third kappa shape index (κ3) is 2.52. The Morgan fingerprint density at radius 3 is 3.00 bits per heavy atom. The molecule has 0 bridgehead atoms. The number of ether oxygens (including phenoxy) is 1. The molecule has 0 saturated heterocycles. The monoisotopic (exact) mass is 227 g/mol. The lowest BCUT2D eigenvalue weighted by Gasteiger charge is -2.09. The van der Waals surface area contributed by atoms with Crippen LogP contribution in [0.15, 0.2) is 30.3 Å². The topological polar surface area (TPSA) is 71.9 Å². The quantitative estimate of drug-likeness (QED) is 0.867. The molecule has 2 N–H and O–H groups in total. The maximum atomic E-state index is 8.60. The molecule has 1 heterocycles. The zero-order valence-electron chi connectivity index (χ0n) is 9.55. The number of fused-ring (bicyclic) bond motifs is 1. The minimum absolute atomic E-state index is 0.172. The van der Waals surface area contributed by atoms with Gasteiger partial charge in [-0.15, -0.1) is 0 Å². The summed E-state index contributed by atoms with van der Waals surface area (Å²) < 4.78 is 5.52. The van der Waals surface area contributed by atoms with Crippen LogP contribution in [0, 0.1) is 18.3 Å². The van der Waals surface area contributed by atoms with E-state index in [2.05, 4.69) is 4.98 Å². The van der Waals surface area contributed by atoms with Gasteiger partial charge < -0.3 is 10.5 Å². The minimum atomic E-state index is -0.616. The van der Waals surface area contributed by atoms with Gasteiger partial charge in [-0.25, -0.2) is 4.98 Å². The van der Waals surface area contributed by atoms with Gasteiger partial charge in [0.1, 0.15) is 23.9 Å². The molecule has 2 rings (SSSR count). The van der Waals surface area contributed by atoms with E-state index in [0.717, 1.165) is 16.6 Å². The molecule has 0 aliphatic carbocycles. The number of hydrogen-bond donors (Lipinski definition) is 1. The Labute approximate surface area is 99.6 Å². The molecule has 0 amide bonds. The Kier molecular flexibility index (Phi) is 3.22. The van der Waals surface area contributed by atoms with Crippen LogP contribution < -0.4 is 10.5 Å². The lowest BCUT2D eigenvalue weighted by Crippen LogP contribution is -2.25. The SMILES string of the molecule is Cc1ccc2cccc(OCC(N)C#N)c2n1. The summed E-state index contributed by atoms with van der Waals surface area (Å²) in [6, 6.07) is 11.0. The number of aryl methyl sites for hydroxylation is 1. The zero-order valence-corrected chi connectivity index (χ0v) is 9.55. The summed E-state index contributed by atoms with van der Waals surface area (Å²) in [5.41, 5.74) is 7.22. The fourth-order valence-corrected chi connectivity index (χ4v) is 1.55. The van der Waals surface area contributed by atoms with Crippen LogP contribution in [0.25, 0.3) is 10.9 Å². The van der Waals surface area contributed by atoms with Crippen LogP contribution in [-0.4, -0.2) is 17.6 Å². The summed E-state index contributed by atoms with van der Waals surface area (Å²) in [6.07, 6.45) is 0. The van der Waals surface area contributed by atoms with E-state index in [1.807, 2.05) is 43.3 Å². The second kappa shape index (κ2) is 4.81. The van der Waals surface area contributed by atoms with E-state index in [1.54, 1.807) is 0 Å². The molecule has 0 radical (unpaired) electrons. The molecule has 1 aromatic carbocycles. The van der Waals surface area contributed by atoms with E-state index in [9.17, 15) is 0 Å². The summed E-state index contributed by atoms with van der Waals surface area (Å²) in [7, 11) is 0. The minimum Gasteiger partial charge on any atom is -0.489 e. The fourth-order valence-electron chi connectivity index (χ4n) is 1.55. The van der Waals surface area contributed by atoms with Crippen LogP contribution in [0.5, 0.6) is 5.75 Å². The first-order valence-corrected chi connectivity index (χ1v) is 5.35. The number of nitrogens with zero attached hydrogens (tertiary/aromatic N) is 2. The maximum absolute atomic E-state index is 8.60. The molecule has 4 heteroatoms. The largest absolute Gasteiger partial charge is 0.489 e. The van der Waals surface area contributed by atoms with Crippen LogP contribution in [0.4, 0.5) is 0 Å². The van der Waals surface area contributed by atoms with Crippen molar-refractivity contribution in [3.05, 3.63) is 36.0 Å². The van der Waals surface area contributed by atoms with Crippen LogP contribution in [0.1, 0.15) is 5.69 Å². The molecule has 1 aromatic heterocycles. The van der Waals surface area contributed by atoms with Crippen molar-refractivity contribution in [2.45, 2.75) is 13.0 Å². The molecule has 0 saturated carbocycles. The molecule has 0 aliphatic rings. The first kappa shape index (κ1) is 11.4. The first-order valence-electron chi connectivity index (χ1n) is 5.35. The predicted octanol–water partition coefficient (Wildman–Crippen LogP) is 1.77. The molecule has 2 aromatic rings. The highest BCUT2D eigenvalue weighted by molar-refractivity contribution is 5.84. The summed E-state index contributed by atoms with van der Waals surface area (Å²) in [5, 5.41) is 9.61. The third-order valence-corrected chi connectivity index (χ3v) is 2.41. The van der Waals surface area contributed by atoms with Crippen LogP contribution in [-0.2, 0) is 0 Å². The molecular weight excluding hydrogens is 214 g/mol. The van der Waals surface area contributed by atoms with Crippen molar-refractivity contribution in [3.8, 4) is 11.8 Å². The third-order valence-electron chi connectivity index (χ3n) is 2.41.